The lowest BCUT2D eigenvalue weighted by molar-refractivity contribution is 0.864. The molecule has 2 aromatic carbocycles. The summed E-state index contributed by atoms with van der Waals surface area (Å²) < 4.78 is 0.992. The predicted octanol–water partition coefficient (Wildman–Crippen LogP) is 5.11. The molecule has 0 radical (unpaired) electrons. The third kappa shape index (κ3) is 2.89. The fourth-order valence-corrected chi connectivity index (χ4v) is 2.59. The third-order valence-corrected chi connectivity index (χ3v) is 4.25. The summed E-state index contributed by atoms with van der Waals surface area (Å²) in [5, 5.41) is 1.06. The van der Waals surface area contributed by atoms with E-state index in [0.29, 0.717) is 10.0 Å². The van der Waals surface area contributed by atoms with E-state index < -0.39 is 0 Å². The van der Waals surface area contributed by atoms with Crippen LogP contribution in [0.5, 0.6) is 0 Å². The molecule has 0 amide bonds. The molecule has 0 bridgehead atoms. The lowest BCUT2D eigenvalue weighted by atomic mass is 9.98. The van der Waals surface area contributed by atoms with Crippen molar-refractivity contribution >= 4 is 39.1 Å². The number of hydrogen-bond donors (Lipinski definition) is 1. The lowest BCUT2D eigenvalue weighted by Crippen LogP contribution is -2.12. The van der Waals surface area contributed by atoms with E-state index in [4.69, 9.17) is 28.9 Å². The highest BCUT2D eigenvalue weighted by Gasteiger charge is 2.13. The van der Waals surface area contributed by atoms with Crippen molar-refractivity contribution < 1.29 is 0 Å². The Morgan fingerprint density at radius 2 is 1.78 bits per heavy atom. The monoisotopic (exact) mass is 343 g/mol. The highest BCUT2D eigenvalue weighted by atomic mass is 79.9. The van der Waals surface area contributed by atoms with Gasteiger partial charge in [-0.05, 0) is 36.2 Å². The average molecular weight is 345 g/mol. The number of benzene rings is 2. The second kappa shape index (κ2) is 5.62. The summed E-state index contributed by atoms with van der Waals surface area (Å²) in [7, 11) is 0. The minimum Gasteiger partial charge on any atom is -0.320 e. The molecule has 94 valence electrons. The van der Waals surface area contributed by atoms with Gasteiger partial charge < -0.3 is 5.73 Å². The predicted molar refractivity (Wildman–Crippen MR) is 81.4 cm³/mol. The molecule has 1 nitrogen and oxygen atoms in total. The van der Waals surface area contributed by atoms with E-state index in [1.165, 1.54) is 5.56 Å². The molecular formula is C14H12BrCl2N. The molecule has 0 fully saturated rings. The number of halogens is 3. The van der Waals surface area contributed by atoms with Gasteiger partial charge in [-0.2, -0.15) is 0 Å². The second-order valence-corrected chi connectivity index (χ2v) is 5.84. The van der Waals surface area contributed by atoms with Crippen molar-refractivity contribution in [1.82, 2.24) is 0 Å². The Morgan fingerprint density at radius 3 is 2.44 bits per heavy atom. The maximum atomic E-state index is 6.27. The molecule has 18 heavy (non-hydrogen) atoms. The fourth-order valence-electron chi connectivity index (χ4n) is 1.79. The topological polar surface area (TPSA) is 26.0 Å². The molecular weight excluding hydrogens is 333 g/mol. The molecule has 0 aliphatic heterocycles. The van der Waals surface area contributed by atoms with Gasteiger partial charge in [0.1, 0.15) is 0 Å². The van der Waals surface area contributed by atoms with E-state index >= 15 is 0 Å². The van der Waals surface area contributed by atoms with Gasteiger partial charge in [0.25, 0.3) is 0 Å². The van der Waals surface area contributed by atoms with Crippen LogP contribution in [0.2, 0.25) is 10.0 Å². The first kappa shape index (κ1) is 13.9. The maximum absolute atomic E-state index is 6.27. The van der Waals surface area contributed by atoms with Crippen molar-refractivity contribution in [2.75, 3.05) is 0 Å². The summed E-state index contributed by atoms with van der Waals surface area (Å²) in [6.07, 6.45) is 0. The summed E-state index contributed by atoms with van der Waals surface area (Å²) in [6.45, 7) is 2.04. The molecule has 4 heteroatoms. The van der Waals surface area contributed by atoms with Crippen LogP contribution in [0.1, 0.15) is 22.7 Å². The Morgan fingerprint density at radius 1 is 1.06 bits per heavy atom. The fraction of sp³-hybridized carbons (Fsp3) is 0.143. The highest BCUT2D eigenvalue weighted by molar-refractivity contribution is 9.10. The van der Waals surface area contributed by atoms with E-state index in [0.717, 1.165) is 15.6 Å². The van der Waals surface area contributed by atoms with Gasteiger partial charge in [0, 0.05) is 4.47 Å². The van der Waals surface area contributed by atoms with E-state index in [1.54, 1.807) is 6.07 Å². The minimum atomic E-state index is -0.228. The molecule has 0 saturated carbocycles. The first-order valence-electron chi connectivity index (χ1n) is 5.45. The van der Waals surface area contributed by atoms with Crippen molar-refractivity contribution in [3.05, 3.63) is 67.6 Å². The van der Waals surface area contributed by atoms with E-state index in [9.17, 15) is 0 Å². The van der Waals surface area contributed by atoms with Crippen LogP contribution in [0, 0.1) is 6.92 Å². The van der Waals surface area contributed by atoms with Crippen LogP contribution >= 0.6 is 39.1 Å². The van der Waals surface area contributed by atoms with E-state index in [2.05, 4.69) is 22.0 Å². The van der Waals surface area contributed by atoms with Gasteiger partial charge in [0.15, 0.2) is 0 Å². The molecule has 0 aliphatic rings. The zero-order valence-electron chi connectivity index (χ0n) is 9.75. The van der Waals surface area contributed by atoms with E-state index in [-0.39, 0.29) is 6.04 Å². The first-order valence-corrected chi connectivity index (χ1v) is 7.00. The zero-order chi connectivity index (χ0) is 13.3. The van der Waals surface area contributed by atoms with Crippen LogP contribution < -0.4 is 5.73 Å². The van der Waals surface area contributed by atoms with Crippen LogP contribution in [0.3, 0.4) is 0 Å². The Balaban J connectivity index is 2.44. The number of nitrogens with two attached hydrogens (primary N) is 1. The van der Waals surface area contributed by atoms with Crippen molar-refractivity contribution in [2.45, 2.75) is 13.0 Å². The van der Waals surface area contributed by atoms with Crippen molar-refractivity contribution in [1.29, 1.82) is 0 Å². The molecule has 1 atom stereocenters. The van der Waals surface area contributed by atoms with Gasteiger partial charge in [-0.3, -0.25) is 0 Å². The Kier molecular flexibility index (Phi) is 4.33. The first-order chi connectivity index (χ1) is 8.49. The van der Waals surface area contributed by atoms with Crippen LogP contribution in [0.25, 0.3) is 0 Å². The molecule has 2 aromatic rings. The summed E-state index contributed by atoms with van der Waals surface area (Å²) >= 11 is 15.4. The summed E-state index contributed by atoms with van der Waals surface area (Å²) in [6, 6.07) is 11.3. The minimum absolute atomic E-state index is 0.228. The summed E-state index contributed by atoms with van der Waals surface area (Å²) in [5.41, 5.74) is 9.42. The molecule has 1 unspecified atom stereocenters. The zero-order valence-corrected chi connectivity index (χ0v) is 12.9. The van der Waals surface area contributed by atoms with E-state index in [1.807, 2.05) is 31.2 Å². The van der Waals surface area contributed by atoms with Gasteiger partial charge in [-0.1, -0.05) is 62.9 Å². The quantitative estimate of drug-likeness (QED) is 0.804. The molecule has 0 aliphatic carbocycles. The highest BCUT2D eigenvalue weighted by Crippen LogP contribution is 2.31. The largest absolute Gasteiger partial charge is 0.320 e. The smallest absolute Gasteiger partial charge is 0.0595 e. The molecule has 0 spiro atoms. The number of rotatable bonds is 2. The van der Waals surface area contributed by atoms with Gasteiger partial charge in [0.2, 0.25) is 0 Å². The van der Waals surface area contributed by atoms with Crippen LogP contribution in [-0.2, 0) is 0 Å². The number of hydrogen-bond acceptors (Lipinski definition) is 1. The Labute approximate surface area is 125 Å². The van der Waals surface area contributed by atoms with Gasteiger partial charge in [-0.15, -0.1) is 0 Å². The second-order valence-electron chi connectivity index (χ2n) is 4.18. The molecule has 0 saturated heterocycles. The molecule has 0 aromatic heterocycles. The van der Waals surface area contributed by atoms with Crippen molar-refractivity contribution in [3.63, 3.8) is 0 Å². The van der Waals surface area contributed by atoms with Gasteiger partial charge >= 0.3 is 0 Å². The Bertz CT molecular complexity index is 584. The normalized spacial score (nSPS) is 12.5. The van der Waals surface area contributed by atoms with Crippen LogP contribution in [0.15, 0.2) is 40.9 Å². The van der Waals surface area contributed by atoms with Crippen LogP contribution in [-0.4, -0.2) is 0 Å². The third-order valence-electron chi connectivity index (χ3n) is 2.79. The SMILES string of the molecule is Cc1ccc(Br)c(C(N)c2ccc(Cl)c(Cl)c2)c1. The Hall–Kier alpha value is -0.540. The van der Waals surface area contributed by atoms with Crippen molar-refractivity contribution in [3.8, 4) is 0 Å². The molecule has 0 heterocycles. The van der Waals surface area contributed by atoms with Crippen molar-refractivity contribution in [2.24, 2.45) is 5.73 Å². The lowest BCUT2D eigenvalue weighted by Gasteiger charge is -2.15. The standard InChI is InChI=1S/C14H12BrCl2N/c1-8-2-4-11(15)10(6-8)14(18)9-3-5-12(16)13(17)7-9/h2-7,14H,18H2,1H3. The summed E-state index contributed by atoms with van der Waals surface area (Å²) in [5.74, 6) is 0. The van der Waals surface area contributed by atoms with Gasteiger partial charge in [0.05, 0.1) is 16.1 Å². The average Bonchev–Trinajstić information content (AvgIpc) is 2.35. The molecule has 2 N–H and O–H groups in total. The molecule has 2 rings (SSSR count). The van der Waals surface area contributed by atoms with Crippen LogP contribution in [0.4, 0.5) is 0 Å². The summed E-state index contributed by atoms with van der Waals surface area (Å²) in [4.78, 5) is 0. The maximum Gasteiger partial charge on any atom is 0.0595 e. The van der Waals surface area contributed by atoms with Gasteiger partial charge in [-0.25, -0.2) is 0 Å². The number of aryl methyl sites for hydroxylation is 1.